The van der Waals surface area contributed by atoms with Crippen molar-refractivity contribution >= 4 is 34.7 Å². The van der Waals surface area contributed by atoms with Crippen LogP contribution >= 0.6 is 22.9 Å². The highest BCUT2D eigenvalue weighted by Gasteiger charge is 2.30. The van der Waals surface area contributed by atoms with Crippen LogP contribution in [0.25, 0.3) is 11.3 Å². The Kier molecular flexibility index (Phi) is 4.03. The average molecular weight is 360 g/mol. The molecule has 0 spiro atoms. The van der Waals surface area contributed by atoms with Crippen LogP contribution in [0.15, 0.2) is 36.8 Å². The largest absolute Gasteiger partial charge is 0.297 e. The molecule has 4 heterocycles. The van der Waals surface area contributed by atoms with Crippen molar-refractivity contribution in [2.75, 3.05) is 11.4 Å². The van der Waals surface area contributed by atoms with Gasteiger partial charge in [0.2, 0.25) is 5.91 Å². The molecule has 1 aliphatic rings. The van der Waals surface area contributed by atoms with Crippen LogP contribution in [-0.4, -0.2) is 32.6 Å². The second-order valence-corrected chi connectivity index (χ2v) is 7.27. The first-order valence-corrected chi connectivity index (χ1v) is 8.77. The van der Waals surface area contributed by atoms with E-state index in [2.05, 4.69) is 20.2 Å². The molecule has 0 saturated carbocycles. The number of thiazole rings is 1. The lowest BCUT2D eigenvalue weighted by atomic mass is 9.95. The van der Waals surface area contributed by atoms with Crippen molar-refractivity contribution in [1.82, 2.24) is 20.2 Å². The lowest BCUT2D eigenvalue weighted by Crippen LogP contribution is -2.38. The van der Waals surface area contributed by atoms with Gasteiger partial charge in [-0.1, -0.05) is 11.6 Å². The highest BCUT2D eigenvalue weighted by Crippen LogP contribution is 2.35. The summed E-state index contributed by atoms with van der Waals surface area (Å²) in [4.78, 5) is 23.5. The van der Waals surface area contributed by atoms with Gasteiger partial charge in [0.25, 0.3) is 0 Å². The van der Waals surface area contributed by atoms with Gasteiger partial charge in [0.15, 0.2) is 4.47 Å². The number of halogens is 1. The molecular weight excluding hydrogens is 346 g/mol. The number of nitrogens with one attached hydrogen (secondary N) is 1. The number of amides is 1. The molecule has 8 heteroatoms. The monoisotopic (exact) mass is 359 g/mol. The number of rotatable bonds is 3. The molecule has 4 rings (SSSR count). The minimum absolute atomic E-state index is 0.0840. The molecule has 1 atom stereocenters. The third-order valence-electron chi connectivity index (χ3n) is 4.15. The minimum atomic E-state index is 0.0840. The van der Waals surface area contributed by atoms with E-state index in [0.29, 0.717) is 17.4 Å². The quantitative estimate of drug-likeness (QED) is 0.776. The van der Waals surface area contributed by atoms with Crippen LogP contribution in [0.2, 0.25) is 4.47 Å². The third kappa shape index (κ3) is 2.92. The van der Waals surface area contributed by atoms with E-state index in [1.165, 1.54) is 11.3 Å². The van der Waals surface area contributed by atoms with Crippen molar-refractivity contribution in [2.45, 2.75) is 18.8 Å². The molecule has 1 saturated heterocycles. The Bertz CT molecular complexity index is 862. The van der Waals surface area contributed by atoms with Crippen LogP contribution < -0.4 is 4.90 Å². The van der Waals surface area contributed by atoms with E-state index in [9.17, 15) is 4.79 Å². The summed E-state index contributed by atoms with van der Waals surface area (Å²) >= 11 is 7.35. The van der Waals surface area contributed by atoms with Crippen LogP contribution in [-0.2, 0) is 4.79 Å². The highest BCUT2D eigenvalue weighted by molar-refractivity contribution is 7.15. The summed E-state index contributed by atoms with van der Waals surface area (Å²) in [6.45, 7) is 0.650. The number of hydrogen-bond donors (Lipinski definition) is 1. The molecule has 3 aromatic heterocycles. The van der Waals surface area contributed by atoms with Crippen LogP contribution in [0.5, 0.6) is 0 Å². The molecule has 1 amide bonds. The molecule has 1 unspecified atom stereocenters. The number of aromatic nitrogens is 4. The van der Waals surface area contributed by atoms with E-state index in [-0.39, 0.29) is 11.8 Å². The third-order valence-corrected chi connectivity index (χ3v) is 5.43. The predicted molar refractivity (Wildman–Crippen MR) is 93.3 cm³/mol. The molecule has 0 aliphatic carbocycles. The van der Waals surface area contributed by atoms with Crippen LogP contribution in [0.1, 0.15) is 23.6 Å². The summed E-state index contributed by atoms with van der Waals surface area (Å²) in [5, 5.41) is 7.27. The lowest BCUT2D eigenvalue weighted by Gasteiger charge is -2.29. The van der Waals surface area contributed by atoms with Gasteiger partial charge >= 0.3 is 0 Å². The number of carbonyl (C=O) groups is 1. The number of anilines is 1. The summed E-state index contributed by atoms with van der Waals surface area (Å²) in [5.74, 6) is 1.01. The smallest absolute Gasteiger partial charge is 0.228 e. The normalized spacial score (nSPS) is 18.1. The first-order chi connectivity index (χ1) is 11.7. The SMILES string of the molecule is O=C1CC(c2cnc(Cl)s2)CCN1c1cc(-c2ccncc2)n[nH]1. The fourth-order valence-electron chi connectivity index (χ4n) is 2.90. The minimum Gasteiger partial charge on any atom is -0.297 e. The van der Waals surface area contributed by atoms with Gasteiger partial charge in [-0.2, -0.15) is 5.10 Å². The Morgan fingerprint density at radius 3 is 2.88 bits per heavy atom. The first-order valence-electron chi connectivity index (χ1n) is 7.58. The zero-order valence-electron chi connectivity index (χ0n) is 12.6. The van der Waals surface area contributed by atoms with E-state index in [1.807, 2.05) is 18.2 Å². The molecule has 6 nitrogen and oxygen atoms in total. The molecule has 1 aliphatic heterocycles. The van der Waals surface area contributed by atoms with Crippen molar-refractivity contribution in [3.05, 3.63) is 46.1 Å². The van der Waals surface area contributed by atoms with E-state index in [1.54, 1.807) is 23.5 Å². The summed E-state index contributed by atoms with van der Waals surface area (Å²) < 4.78 is 0.524. The molecule has 0 bridgehead atoms. The van der Waals surface area contributed by atoms with Gasteiger partial charge in [-0.25, -0.2) is 4.98 Å². The molecule has 0 radical (unpaired) electrons. The Morgan fingerprint density at radius 2 is 2.17 bits per heavy atom. The van der Waals surface area contributed by atoms with Gasteiger partial charge < -0.3 is 0 Å². The Balaban J connectivity index is 1.50. The number of pyridine rings is 1. The fraction of sp³-hybridized carbons (Fsp3) is 0.250. The van der Waals surface area contributed by atoms with E-state index in [0.717, 1.165) is 28.4 Å². The Morgan fingerprint density at radius 1 is 1.33 bits per heavy atom. The van der Waals surface area contributed by atoms with Gasteiger partial charge in [-0.15, -0.1) is 11.3 Å². The Labute approximate surface area is 147 Å². The Hall–Kier alpha value is -2.25. The van der Waals surface area contributed by atoms with E-state index < -0.39 is 0 Å². The second kappa shape index (κ2) is 6.33. The first kappa shape index (κ1) is 15.3. The van der Waals surface area contributed by atoms with Crippen molar-refractivity contribution in [1.29, 1.82) is 0 Å². The molecule has 24 heavy (non-hydrogen) atoms. The fourth-order valence-corrected chi connectivity index (χ4v) is 3.99. The summed E-state index contributed by atoms with van der Waals surface area (Å²) in [5.41, 5.74) is 1.77. The van der Waals surface area contributed by atoms with Crippen molar-refractivity contribution < 1.29 is 4.79 Å². The number of hydrogen-bond acceptors (Lipinski definition) is 5. The summed E-state index contributed by atoms with van der Waals surface area (Å²) in [6.07, 6.45) is 6.56. The number of H-pyrrole nitrogens is 1. The summed E-state index contributed by atoms with van der Waals surface area (Å²) in [7, 11) is 0. The standard InChI is InChI=1S/C16H14ClN5OS/c17-16-19-9-13(24-16)11-3-6-22(15(23)7-11)14-8-12(20-21-14)10-1-4-18-5-2-10/h1-2,4-5,8-9,11H,3,6-7H2,(H,20,21). The van der Waals surface area contributed by atoms with Gasteiger partial charge in [0, 0.05) is 54.0 Å². The number of piperidine rings is 1. The zero-order chi connectivity index (χ0) is 16.5. The van der Waals surface area contributed by atoms with Gasteiger partial charge in [-0.05, 0) is 18.6 Å². The molecule has 1 fully saturated rings. The van der Waals surface area contributed by atoms with Crippen LogP contribution in [0.3, 0.4) is 0 Å². The molecule has 0 aromatic carbocycles. The molecule has 3 aromatic rings. The van der Waals surface area contributed by atoms with Crippen molar-refractivity contribution in [3.63, 3.8) is 0 Å². The molecular formula is C16H14ClN5OS. The predicted octanol–water partition coefficient (Wildman–Crippen LogP) is 3.49. The topological polar surface area (TPSA) is 74.8 Å². The maximum atomic E-state index is 12.6. The van der Waals surface area contributed by atoms with Crippen LogP contribution in [0.4, 0.5) is 5.82 Å². The van der Waals surface area contributed by atoms with E-state index in [4.69, 9.17) is 11.6 Å². The van der Waals surface area contributed by atoms with Crippen LogP contribution in [0, 0.1) is 0 Å². The highest BCUT2D eigenvalue weighted by atomic mass is 35.5. The lowest BCUT2D eigenvalue weighted by molar-refractivity contribution is -0.120. The van der Waals surface area contributed by atoms with Crippen molar-refractivity contribution in [2.24, 2.45) is 0 Å². The number of carbonyl (C=O) groups excluding carboxylic acids is 1. The van der Waals surface area contributed by atoms with E-state index >= 15 is 0 Å². The number of nitrogens with zero attached hydrogens (tertiary/aromatic N) is 4. The molecule has 122 valence electrons. The zero-order valence-corrected chi connectivity index (χ0v) is 14.2. The van der Waals surface area contributed by atoms with Crippen molar-refractivity contribution in [3.8, 4) is 11.3 Å². The van der Waals surface area contributed by atoms with Gasteiger partial charge in [-0.3, -0.25) is 19.8 Å². The van der Waals surface area contributed by atoms with Gasteiger partial charge in [0.05, 0.1) is 5.69 Å². The maximum Gasteiger partial charge on any atom is 0.228 e. The van der Waals surface area contributed by atoms with Gasteiger partial charge in [0.1, 0.15) is 5.82 Å². The second-order valence-electron chi connectivity index (χ2n) is 5.62. The molecule has 1 N–H and O–H groups in total. The maximum absolute atomic E-state index is 12.6. The summed E-state index contributed by atoms with van der Waals surface area (Å²) in [6, 6.07) is 5.68. The average Bonchev–Trinajstić information content (AvgIpc) is 3.25. The number of aromatic amines is 1.